The highest BCUT2D eigenvalue weighted by atomic mass is 19.1. The van der Waals surface area contributed by atoms with E-state index in [1.54, 1.807) is 31.2 Å². The molecule has 0 aliphatic carbocycles. The number of nitrogens with one attached hydrogen (secondary N) is 1. The average Bonchev–Trinajstić information content (AvgIpc) is 2.59. The lowest BCUT2D eigenvalue weighted by Crippen LogP contribution is -2.19. The number of benzene rings is 3. The Hall–Kier alpha value is -3.21. The lowest BCUT2D eigenvalue weighted by molar-refractivity contribution is 0.0952. The van der Waals surface area contributed by atoms with Crippen molar-refractivity contribution in [1.82, 2.24) is 5.43 Å². The van der Waals surface area contributed by atoms with Crippen LogP contribution in [0.5, 0.6) is 5.75 Å². The molecule has 0 radical (unpaired) electrons. The molecule has 4 nitrogen and oxygen atoms in total. The molecular weight excluding hydrogens is 307 g/mol. The number of fused-ring (bicyclic) bond motifs is 1. The minimum absolute atomic E-state index is 0.110. The molecule has 3 rings (SSSR count). The molecule has 1 amide bonds. The van der Waals surface area contributed by atoms with Crippen LogP contribution in [0.15, 0.2) is 65.8 Å². The van der Waals surface area contributed by atoms with Gasteiger partial charge in [-0.2, -0.15) is 5.10 Å². The second-order valence-electron chi connectivity index (χ2n) is 5.36. The van der Waals surface area contributed by atoms with Crippen LogP contribution in [0.3, 0.4) is 0 Å². The maximum Gasteiger partial charge on any atom is 0.275 e. The van der Waals surface area contributed by atoms with Crippen molar-refractivity contribution in [3.05, 3.63) is 77.6 Å². The number of carbonyl (C=O) groups excluding carboxylic acids is 1. The van der Waals surface area contributed by atoms with Gasteiger partial charge < -0.3 is 5.11 Å². The van der Waals surface area contributed by atoms with Crippen LogP contribution in [0.4, 0.5) is 4.39 Å². The Bertz CT molecular complexity index is 934. The summed E-state index contributed by atoms with van der Waals surface area (Å²) in [7, 11) is 0. The summed E-state index contributed by atoms with van der Waals surface area (Å²) in [5.74, 6) is -0.961. The van der Waals surface area contributed by atoms with Crippen LogP contribution in [-0.2, 0) is 0 Å². The van der Waals surface area contributed by atoms with E-state index in [0.29, 0.717) is 11.3 Å². The van der Waals surface area contributed by atoms with E-state index in [9.17, 15) is 14.3 Å². The third-order valence-electron chi connectivity index (χ3n) is 3.70. The van der Waals surface area contributed by atoms with Crippen molar-refractivity contribution in [2.24, 2.45) is 5.10 Å². The predicted molar refractivity (Wildman–Crippen MR) is 91.7 cm³/mol. The summed E-state index contributed by atoms with van der Waals surface area (Å²) in [5, 5.41) is 15.7. The molecule has 2 N–H and O–H groups in total. The van der Waals surface area contributed by atoms with Gasteiger partial charge in [0.25, 0.3) is 5.91 Å². The van der Waals surface area contributed by atoms with Crippen LogP contribution < -0.4 is 5.43 Å². The number of rotatable bonds is 3. The summed E-state index contributed by atoms with van der Waals surface area (Å²) in [6.45, 7) is 1.70. The number of phenolic OH excluding ortho intramolecular Hbond substituents is 1. The molecule has 0 aliphatic rings. The molecule has 0 bridgehead atoms. The summed E-state index contributed by atoms with van der Waals surface area (Å²) < 4.78 is 12.9. The smallest absolute Gasteiger partial charge is 0.275 e. The van der Waals surface area contributed by atoms with E-state index >= 15 is 0 Å². The Kier molecular flexibility index (Phi) is 4.24. The zero-order chi connectivity index (χ0) is 17.1. The Balaban J connectivity index is 1.83. The Morgan fingerprint density at radius 2 is 1.67 bits per heavy atom. The second-order valence-corrected chi connectivity index (χ2v) is 5.36. The minimum atomic E-state index is -0.514. The standard InChI is InChI=1S/C19H15FN2O2/c1-12(13-6-8-16(20)9-7-13)21-22-19(24)17-10-14-4-2-3-5-15(14)11-18(17)23/h2-11,23H,1H3,(H,22,24)/b21-12+. The van der Waals surface area contributed by atoms with Gasteiger partial charge in [-0.15, -0.1) is 0 Å². The third kappa shape index (κ3) is 3.25. The highest BCUT2D eigenvalue weighted by Gasteiger charge is 2.12. The molecule has 0 saturated heterocycles. The van der Waals surface area contributed by atoms with Crippen molar-refractivity contribution in [3.63, 3.8) is 0 Å². The van der Waals surface area contributed by atoms with E-state index in [4.69, 9.17) is 0 Å². The first-order valence-corrected chi connectivity index (χ1v) is 7.37. The summed E-state index contributed by atoms with van der Waals surface area (Å²) in [5.41, 5.74) is 3.78. The van der Waals surface area contributed by atoms with Gasteiger partial charge in [0.05, 0.1) is 11.3 Å². The number of hydrogen-bond acceptors (Lipinski definition) is 3. The van der Waals surface area contributed by atoms with Crippen molar-refractivity contribution in [2.75, 3.05) is 0 Å². The first-order chi connectivity index (χ1) is 11.5. The summed E-state index contributed by atoms with van der Waals surface area (Å²) in [6, 6.07) is 16.4. The zero-order valence-electron chi connectivity index (χ0n) is 13.0. The van der Waals surface area contributed by atoms with Gasteiger partial charge in [0.1, 0.15) is 11.6 Å². The van der Waals surface area contributed by atoms with Crippen molar-refractivity contribution in [1.29, 1.82) is 0 Å². The molecule has 0 aliphatic heterocycles. The van der Waals surface area contributed by atoms with Crippen LogP contribution in [0.1, 0.15) is 22.8 Å². The molecule has 0 aromatic heterocycles. The molecule has 3 aromatic rings. The molecule has 0 spiro atoms. The van der Waals surface area contributed by atoms with Gasteiger partial charge in [-0.1, -0.05) is 36.4 Å². The fourth-order valence-electron chi connectivity index (χ4n) is 2.36. The maximum atomic E-state index is 12.9. The largest absolute Gasteiger partial charge is 0.507 e. The topological polar surface area (TPSA) is 61.7 Å². The van der Waals surface area contributed by atoms with Gasteiger partial charge in [0.15, 0.2) is 0 Å². The molecule has 24 heavy (non-hydrogen) atoms. The van der Waals surface area contributed by atoms with Crippen molar-refractivity contribution >= 4 is 22.4 Å². The van der Waals surface area contributed by atoms with Crippen LogP contribution in [0.2, 0.25) is 0 Å². The van der Waals surface area contributed by atoms with Gasteiger partial charge in [0.2, 0.25) is 0 Å². The molecule has 0 saturated carbocycles. The van der Waals surface area contributed by atoms with E-state index < -0.39 is 5.91 Å². The van der Waals surface area contributed by atoms with E-state index in [1.165, 1.54) is 12.1 Å². The maximum absolute atomic E-state index is 12.9. The molecule has 0 unspecified atom stereocenters. The summed E-state index contributed by atoms with van der Waals surface area (Å²) in [4.78, 5) is 12.3. The van der Waals surface area contributed by atoms with Gasteiger partial charge in [-0.05, 0) is 47.5 Å². The van der Waals surface area contributed by atoms with E-state index in [0.717, 1.165) is 10.8 Å². The fraction of sp³-hybridized carbons (Fsp3) is 0.0526. The number of amides is 1. The highest BCUT2D eigenvalue weighted by Crippen LogP contribution is 2.24. The van der Waals surface area contributed by atoms with Crippen molar-refractivity contribution in [3.8, 4) is 5.75 Å². The minimum Gasteiger partial charge on any atom is -0.507 e. The van der Waals surface area contributed by atoms with E-state index in [2.05, 4.69) is 10.5 Å². The SMILES string of the molecule is C/C(=N\NC(=O)c1cc2ccccc2cc1O)c1ccc(F)cc1. The second kappa shape index (κ2) is 6.50. The number of aromatic hydroxyl groups is 1. The Labute approximate surface area is 138 Å². The van der Waals surface area contributed by atoms with Crippen molar-refractivity contribution < 1.29 is 14.3 Å². The number of phenols is 1. The number of nitrogens with zero attached hydrogens (tertiary/aromatic N) is 1. The normalized spacial score (nSPS) is 11.5. The van der Waals surface area contributed by atoms with Crippen LogP contribution >= 0.6 is 0 Å². The third-order valence-corrected chi connectivity index (χ3v) is 3.70. The monoisotopic (exact) mass is 322 g/mol. The number of carbonyl (C=O) groups is 1. The molecule has 3 aromatic carbocycles. The summed E-state index contributed by atoms with van der Waals surface area (Å²) >= 11 is 0. The van der Waals surface area contributed by atoms with Gasteiger partial charge in [-0.3, -0.25) is 4.79 Å². The molecule has 120 valence electrons. The zero-order valence-corrected chi connectivity index (χ0v) is 13.0. The van der Waals surface area contributed by atoms with E-state index in [-0.39, 0.29) is 17.1 Å². The number of hydrogen-bond donors (Lipinski definition) is 2. The highest BCUT2D eigenvalue weighted by molar-refractivity contribution is 6.03. The van der Waals surface area contributed by atoms with Gasteiger partial charge in [-0.25, -0.2) is 9.82 Å². The van der Waals surface area contributed by atoms with Gasteiger partial charge >= 0.3 is 0 Å². The van der Waals surface area contributed by atoms with Crippen LogP contribution in [0, 0.1) is 5.82 Å². The molecule has 0 fully saturated rings. The van der Waals surface area contributed by atoms with Crippen molar-refractivity contribution in [2.45, 2.75) is 6.92 Å². The average molecular weight is 322 g/mol. The molecule has 0 heterocycles. The lowest BCUT2D eigenvalue weighted by atomic mass is 10.1. The van der Waals surface area contributed by atoms with Crippen LogP contribution in [-0.4, -0.2) is 16.7 Å². The van der Waals surface area contributed by atoms with Gasteiger partial charge in [0, 0.05) is 0 Å². The number of halogens is 1. The summed E-state index contributed by atoms with van der Waals surface area (Å²) in [6.07, 6.45) is 0. The first kappa shape index (κ1) is 15.7. The Morgan fingerprint density at radius 3 is 2.33 bits per heavy atom. The lowest BCUT2D eigenvalue weighted by Gasteiger charge is -2.07. The van der Waals surface area contributed by atoms with E-state index in [1.807, 2.05) is 24.3 Å². The fourth-order valence-corrected chi connectivity index (χ4v) is 2.36. The first-order valence-electron chi connectivity index (χ1n) is 7.37. The molecular formula is C19H15FN2O2. The Morgan fingerprint density at radius 1 is 1.04 bits per heavy atom. The molecule has 0 atom stereocenters. The quantitative estimate of drug-likeness (QED) is 0.568. The predicted octanol–water partition coefficient (Wildman–Crippen LogP) is 3.84. The van der Waals surface area contributed by atoms with Crippen LogP contribution in [0.25, 0.3) is 10.8 Å². The molecule has 5 heteroatoms. The number of hydrazone groups is 1.